The Labute approximate surface area is 312 Å². The maximum Gasteiger partial charge on any atom is 0.338 e. The van der Waals surface area contributed by atoms with Gasteiger partial charge in [-0.15, -0.1) is 17.5 Å². The van der Waals surface area contributed by atoms with Gasteiger partial charge in [0, 0.05) is 18.2 Å². The number of rotatable bonds is 16. The van der Waals surface area contributed by atoms with Gasteiger partial charge in [0.05, 0.1) is 47.5 Å². The molecule has 11 heteroatoms. The second-order valence-electron chi connectivity index (χ2n) is 12.1. The lowest BCUT2D eigenvalue weighted by Crippen LogP contribution is -2.32. The van der Waals surface area contributed by atoms with Crippen LogP contribution in [0.25, 0.3) is 21.5 Å². The summed E-state index contributed by atoms with van der Waals surface area (Å²) in [6.45, 7) is 1.04. The van der Waals surface area contributed by atoms with E-state index in [1.165, 1.54) is 18.2 Å². The SMILES string of the molecule is C#CCCCOc1cc([N+](=O)[O-])ccc1N=Nc1ccc(N(CCOC(=O)c2cccc3ccccc23)CCOC(=O)c2cccc3ccccc23)cc1. The van der Waals surface area contributed by atoms with Gasteiger partial charge in [0.2, 0.25) is 0 Å². The predicted molar refractivity (Wildman–Crippen MR) is 208 cm³/mol. The number of fused-ring (bicyclic) bond motifs is 2. The average Bonchev–Trinajstić information content (AvgIpc) is 3.20. The average molecular weight is 721 g/mol. The molecule has 0 aliphatic carbocycles. The van der Waals surface area contributed by atoms with Gasteiger partial charge < -0.3 is 19.1 Å². The molecule has 0 aliphatic heterocycles. The summed E-state index contributed by atoms with van der Waals surface area (Å²) in [5.41, 5.74) is 2.44. The first-order valence-electron chi connectivity index (χ1n) is 17.3. The van der Waals surface area contributed by atoms with Crippen LogP contribution in [0.5, 0.6) is 5.75 Å². The highest BCUT2D eigenvalue weighted by molar-refractivity contribution is 6.05. The lowest BCUT2D eigenvalue weighted by Gasteiger charge is -2.24. The van der Waals surface area contributed by atoms with E-state index in [9.17, 15) is 19.7 Å². The maximum absolute atomic E-state index is 13.2. The first-order valence-corrected chi connectivity index (χ1v) is 17.3. The lowest BCUT2D eigenvalue weighted by molar-refractivity contribution is -0.384. The molecule has 0 unspecified atom stereocenters. The van der Waals surface area contributed by atoms with Crippen molar-refractivity contribution >= 4 is 56.2 Å². The molecule has 0 bridgehead atoms. The van der Waals surface area contributed by atoms with Gasteiger partial charge in [-0.3, -0.25) is 10.1 Å². The molecule has 0 aliphatic rings. The fourth-order valence-corrected chi connectivity index (χ4v) is 5.84. The molecule has 6 aromatic rings. The normalized spacial score (nSPS) is 10.9. The smallest absolute Gasteiger partial charge is 0.338 e. The summed E-state index contributed by atoms with van der Waals surface area (Å²) in [6, 6.07) is 37.6. The lowest BCUT2D eigenvalue weighted by atomic mass is 10.1. The number of ether oxygens (including phenoxy) is 3. The van der Waals surface area contributed by atoms with E-state index in [-0.39, 0.29) is 31.3 Å². The minimum Gasteiger partial charge on any atom is -0.491 e. The van der Waals surface area contributed by atoms with Crippen LogP contribution in [0.1, 0.15) is 33.6 Å². The van der Waals surface area contributed by atoms with Crippen LogP contribution in [-0.2, 0) is 9.47 Å². The number of hydrogen-bond acceptors (Lipinski definition) is 10. The second kappa shape index (κ2) is 17.9. The molecule has 6 aromatic carbocycles. The quantitative estimate of drug-likeness (QED) is 0.0241. The Kier molecular flexibility index (Phi) is 12.2. The van der Waals surface area contributed by atoms with E-state index in [2.05, 4.69) is 16.1 Å². The molecule has 270 valence electrons. The summed E-state index contributed by atoms with van der Waals surface area (Å²) in [5.74, 6) is 1.89. The topological polar surface area (TPSA) is 133 Å². The highest BCUT2D eigenvalue weighted by Gasteiger charge is 2.16. The van der Waals surface area contributed by atoms with E-state index in [4.69, 9.17) is 20.6 Å². The highest BCUT2D eigenvalue weighted by atomic mass is 16.6. The van der Waals surface area contributed by atoms with Crippen molar-refractivity contribution in [3.05, 3.63) is 149 Å². The van der Waals surface area contributed by atoms with Crippen molar-refractivity contribution in [2.24, 2.45) is 10.2 Å². The molecule has 6 rings (SSSR count). The Hall–Kier alpha value is -7.06. The molecule has 0 amide bonds. The van der Waals surface area contributed by atoms with Crippen LogP contribution >= 0.6 is 0 Å². The Morgan fingerprint density at radius 2 is 1.28 bits per heavy atom. The van der Waals surface area contributed by atoms with Crippen LogP contribution in [0, 0.1) is 22.5 Å². The summed E-state index contributed by atoms with van der Waals surface area (Å²) in [6.07, 6.45) is 6.41. The summed E-state index contributed by atoms with van der Waals surface area (Å²) in [5, 5.41) is 23.5. The minimum atomic E-state index is -0.505. The monoisotopic (exact) mass is 720 g/mol. The van der Waals surface area contributed by atoms with Crippen LogP contribution in [-0.4, -0.2) is 49.8 Å². The van der Waals surface area contributed by atoms with E-state index in [0.29, 0.717) is 48.4 Å². The number of benzene rings is 6. The van der Waals surface area contributed by atoms with E-state index in [0.717, 1.165) is 27.2 Å². The summed E-state index contributed by atoms with van der Waals surface area (Å²) >= 11 is 0. The van der Waals surface area contributed by atoms with Crippen molar-refractivity contribution in [3.8, 4) is 18.1 Å². The number of carbonyl (C=O) groups excluding carboxylic acids is 2. The molecule has 11 nitrogen and oxygen atoms in total. The molecule has 0 radical (unpaired) electrons. The highest BCUT2D eigenvalue weighted by Crippen LogP contribution is 2.33. The van der Waals surface area contributed by atoms with Gasteiger partial charge in [-0.1, -0.05) is 72.8 Å². The van der Waals surface area contributed by atoms with Gasteiger partial charge in [0.1, 0.15) is 18.9 Å². The van der Waals surface area contributed by atoms with E-state index >= 15 is 0 Å². The molecular weight excluding hydrogens is 684 g/mol. The molecule has 54 heavy (non-hydrogen) atoms. The molecule has 0 atom stereocenters. The zero-order valence-electron chi connectivity index (χ0n) is 29.3. The van der Waals surface area contributed by atoms with Crippen molar-refractivity contribution in [3.63, 3.8) is 0 Å². The third-order valence-electron chi connectivity index (χ3n) is 8.57. The molecule has 0 heterocycles. The fourth-order valence-electron chi connectivity index (χ4n) is 5.84. The van der Waals surface area contributed by atoms with Crippen molar-refractivity contribution in [2.75, 3.05) is 37.8 Å². The predicted octanol–water partition coefficient (Wildman–Crippen LogP) is 9.63. The van der Waals surface area contributed by atoms with Gasteiger partial charge in [0.25, 0.3) is 5.69 Å². The van der Waals surface area contributed by atoms with Crippen LogP contribution < -0.4 is 9.64 Å². The Balaban J connectivity index is 1.16. The van der Waals surface area contributed by atoms with E-state index < -0.39 is 16.9 Å². The molecule has 0 aromatic heterocycles. The number of nitro benzene ring substituents is 1. The number of nitrogens with zero attached hydrogens (tertiary/aromatic N) is 4. The minimum absolute atomic E-state index is 0.0745. The Bertz CT molecular complexity index is 2240. The first-order chi connectivity index (χ1) is 26.4. The number of anilines is 1. The Morgan fingerprint density at radius 1 is 0.704 bits per heavy atom. The zero-order valence-corrected chi connectivity index (χ0v) is 29.3. The number of azo groups is 1. The number of terminal acetylenes is 1. The van der Waals surface area contributed by atoms with Crippen molar-refractivity contribution < 1.29 is 28.7 Å². The van der Waals surface area contributed by atoms with Gasteiger partial charge in [-0.25, -0.2) is 9.59 Å². The van der Waals surface area contributed by atoms with Gasteiger partial charge in [-0.2, -0.15) is 5.11 Å². The number of carbonyl (C=O) groups is 2. The van der Waals surface area contributed by atoms with Crippen molar-refractivity contribution in [2.45, 2.75) is 12.8 Å². The maximum atomic E-state index is 13.2. The van der Waals surface area contributed by atoms with Gasteiger partial charge in [0.15, 0.2) is 5.75 Å². The number of nitro groups is 1. The van der Waals surface area contributed by atoms with Gasteiger partial charge >= 0.3 is 11.9 Å². The summed E-state index contributed by atoms with van der Waals surface area (Å²) in [4.78, 5) is 39.1. The molecular formula is C43H36N4O7. The summed E-state index contributed by atoms with van der Waals surface area (Å²) in [7, 11) is 0. The first kappa shape index (κ1) is 36.7. The third-order valence-corrected chi connectivity index (χ3v) is 8.57. The molecule has 0 fully saturated rings. The third kappa shape index (κ3) is 9.23. The molecule has 0 spiro atoms. The fraction of sp³-hybridized carbons (Fsp3) is 0.163. The number of esters is 2. The van der Waals surface area contributed by atoms with Crippen LogP contribution in [0.15, 0.2) is 138 Å². The molecule has 0 N–H and O–H groups in total. The number of hydrogen-bond donors (Lipinski definition) is 0. The number of unbranched alkanes of at least 4 members (excludes halogenated alkanes) is 1. The molecule has 0 saturated carbocycles. The van der Waals surface area contributed by atoms with E-state index in [1.807, 2.05) is 89.8 Å². The standard InChI is InChI=1S/C43H36N4O7/c1-2-3-8-27-52-41-30-35(47(50)51)23-24-40(41)45-44-33-19-21-34(22-20-33)46(25-28-53-42(48)38-17-9-13-31-11-4-6-15-36(31)38)26-29-54-43(49)39-18-10-14-32-12-5-7-16-37(32)39/h1,4-7,9-24,30H,3,8,25-29H2. The van der Waals surface area contributed by atoms with Crippen LogP contribution in [0.2, 0.25) is 0 Å². The van der Waals surface area contributed by atoms with Crippen molar-refractivity contribution in [1.82, 2.24) is 0 Å². The number of non-ortho nitro benzene ring substituents is 1. The van der Waals surface area contributed by atoms with Crippen LogP contribution in [0.3, 0.4) is 0 Å². The zero-order chi connectivity index (χ0) is 37.7. The van der Waals surface area contributed by atoms with Crippen LogP contribution in [0.4, 0.5) is 22.7 Å². The van der Waals surface area contributed by atoms with E-state index in [1.54, 1.807) is 24.3 Å². The Morgan fingerprint density at radius 3 is 1.85 bits per heavy atom. The van der Waals surface area contributed by atoms with Crippen molar-refractivity contribution in [1.29, 1.82) is 0 Å². The largest absolute Gasteiger partial charge is 0.491 e. The van der Waals surface area contributed by atoms with Gasteiger partial charge in [-0.05, 0) is 70.4 Å². The molecule has 0 saturated heterocycles. The second-order valence-corrected chi connectivity index (χ2v) is 12.1. The summed E-state index contributed by atoms with van der Waals surface area (Å²) < 4.78 is 17.2.